The first-order chi connectivity index (χ1) is 7.13. The molecular formula is C11H19N3O. The highest BCUT2D eigenvalue weighted by atomic mass is 16.5. The lowest BCUT2D eigenvalue weighted by Gasteiger charge is -2.21. The van der Waals surface area contributed by atoms with Gasteiger partial charge in [0.15, 0.2) is 0 Å². The minimum Gasteiger partial charge on any atom is -0.383 e. The Morgan fingerprint density at radius 3 is 2.53 bits per heavy atom. The number of methoxy groups -OCH3 is 1. The molecule has 1 atom stereocenters. The van der Waals surface area contributed by atoms with Crippen LogP contribution in [0.2, 0.25) is 0 Å². The molecule has 0 amide bonds. The molecule has 1 heterocycles. The molecule has 0 fully saturated rings. The van der Waals surface area contributed by atoms with Gasteiger partial charge in [0.25, 0.3) is 0 Å². The number of hydrogen-bond donors (Lipinski definition) is 1. The summed E-state index contributed by atoms with van der Waals surface area (Å²) in [6.45, 7) is 6.90. The number of aromatic nitrogens is 2. The third-order valence-corrected chi connectivity index (χ3v) is 2.28. The van der Waals surface area contributed by atoms with Gasteiger partial charge in [0.05, 0.1) is 18.3 Å². The molecule has 0 saturated heterocycles. The summed E-state index contributed by atoms with van der Waals surface area (Å²) in [6, 6.07) is 4.15. The van der Waals surface area contributed by atoms with E-state index in [1.54, 1.807) is 7.11 Å². The van der Waals surface area contributed by atoms with Crippen molar-refractivity contribution in [3.05, 3.63) is 17.8 Å². The number of hydrogen-bond acceptors (Lipinski definition) is 4. The standard InChI is InChI=1S/C11H19N3O/c1-8(2)10(7-15-4)12-11-6-5-9(3)13-14-11/h5-6,8,10H,7H2,1-4H3,(H,12,14). The van der Waals surface area contributed by atoms with Gasteiger partial charge in [0, 0.05) is 7.11 Å². The van der Waals surface area contributed by atoms with Crippen LogP contribution in [0.15, 0.2) is 12.1 Å². The highest BCUT2D eigenvalue weighted by Gasteiger charge is 2.13. The Bertz CT molecular complexity index is 284. The average Bonchev–Trinajstić information content (AvgIpc) is 2.20. The van der Waals surface area contributed by atoms with Crippen molar-refractivity contribution >= 4 is 5.82 Å². The van der Waals surface area contributed by atoms with E-state index < -0.39 is 0 Å². The zero-order valence-corrected chi connectivity index (χ0v) is 9.82. The van der Waals surface area contributed by atoms with Crippen molar-refractivity contribution in [2.24, 2.45) is 5.92 Å². The summed E-state index contributed by atoms with van der Waals surface area (Å²) in [5, 5.41) is 11.4. The molecule has 15 heavy (non-hydrogen) atoms. The first kappa shape index (κ1) is 11.9. The summed E-state index contributed by atoms with van der Waals surface area (Å²) in [5.74, 6) is 1.30. The van der Waals surface area contributed by atoms with Gasteiger partial charge < -0.3 is 10.1 Å². The van der Waals surface area contributed by atoms with Gasteiger partial charge in [0.1, 0.15) is 5.82 Å². The number of aryl methyl sites for hydroxylation is 1. The summed E-state index contributed by atoms with van der Waals surface area (Å²) < 4.78 is 5.15. The fourth-order valence-corrected chi connectivity index (χ4v) is 1.25. The topological polar surface area (TPSA) is 47.0 Å². The molecule has 4 heteroatoms. The molecule has 0 spiro atoms. The maximum Gasteiger partial charge on any atom is 0.148 e. The van der Waals surface area contributed by atoms with E-state index in [2.05, 4.69) is 29.4 Å². The van der Waals surface area contributed by atoms with Gasteiger partial charge in [0.2, 0.25) is 0 Å². The van der Waals surface area contributed by atoms with Crippen LogP contribution in [0.4, 0.5) is 5.82 Å². The van der Waals surface area contributed by atoms with E-state index in [9.17, 15) is 0 Å². The van der Waals surface area contributed by atoms with Gasteiger partial charge >= 0.3 is 0 Å². The first-order valence-electron chi connectivity index (χ1n) is 5.19. The summed E-state index contributed by atoms with van der Waals surface area (Å²) in [6.07, 6.45) is 0. The van der Waals surface area contributed by atoms with Gasteiger partial charge in [-0.2, -0.15) is 5.10 Å². The predicted octanol–water partition coefficient (Wildman–Crippen LogP) is 1.87. The van der Waals surface area contributed by atoms with Crippen molar-refractivity contribution in [3.63, 3.8) is 0 Å². The van der Waals surface area contributed by atoms with Crippen molar-refractivity contribution in [1.29, 1.82) is 0 Å². The summed E-state index contributed by atoms with van der Waals surface area (Å²) in [5.41, 5.74) is 0.924. The Kier molecular flexibility index (Phi) is 4.49. The molecule has 0 bridgehead atoms. The van der Waals surface area contributed by atoms with Crippen molar-refractivity contribution in [1.82, 2.24) is 10.2 Å². The third kappa shape index (κ3) is 3.83. The maximum atomic E-state index is 5.15. The molecule has 0 saturated carbocycles. The van der Waals surface area contributed by atoms with Crippen molar-refractivity contribution in [3.8, 4) is 0 Å². The van der Waals surface area contributed by atoms with Crippen LogP contribution >= 0.6 is 0 Å². The average molecular weight is 209 g/mol. The van der Waals surface area contributed by atoms with Crippen LogP contribution in [0.5, 0.6) is 0 Å². The van der Waals surface area contributed by atoms with Crippen molar-refractivity contribution in [2.45, 2.75) is 26.8 Å². The second kappa shape index (κ2) is 5.66. The highest BCUT2D eigenvalue weighted by Crippen LogP contribution is 2.09. The van der Waals surface area contributed by atoms with Gasteiger partial charge in [-0.05, 0) is 25.0 Å². The molecule has 1 aromatic rings. The van der Waals surface area contributed by atoms with Crippen LogP contribution in [0.3, 0.4) is 0 Å². The second-order valence-corrected chi connectivity index (χ2v) is 4.01. The summed E-state index contributed by atoms with van der Waals surface area (Å²) >= 11 is 0. The van der Waals surface area contributed by atoms with Crippen LogP contribution in [0.1, 0.15) is 19.5 Å². The normalized spacial score (nSPS) is 12.9. The van der Waals surface area contributed by atoms with E-state index in [-0.39, 0.29) is 6.04 Å². The first-order valence-corrected chi connectivity index (χ1v) is 5.19. The minimum absolute atomic E-state index is 0.270. The van der Waals surface area contributed by atoms with Crippen LogP contribution in [0.25, 0.3) is 0 Å². The lowest BCUT2D eigenvalue weighted by Crippen LogP contribution is -2.30. The van der Waals surface area contributed by atoms with Gasteiger partial charge in [-0.3, -0.25) is 0 Å². The molecule has 0 aromatic carbocycles. The zero-order valence-electron chi connectivity index (χ0n) is 9.82. The molecule has 0 radical (unpaired) electrons. The van der Waals surface area contributed by atoms with Crippen LogP contribution in [-0.4, -0.2) is 30.0 Å². The Morgan fingerprint density at radius 1 is 1.33 bits per heavy atom. The third-order valence-electron chi connectivity index (χ3n) is 2.28. The lowest BCUT2D eigenvalue weighted by atomic mass is 10.1. The van der Waals surface area contributed by atoms with Crippen LogP contribution < -0.4 is 5.32 Å². The van der Waals surface area contributed by atoms with Crippen molar-refractivity contribution in [2.75, 3.05) is 19.0 Å². The minimum atomic E-state index is 0.270. The Balaban J connectivity index is 2.61. The monoisotopic (exact) mass is 209 g/mol. The maximum absolute atomic E-state index is 5.15. The summed E-state index contributed by atoms with van der Waals surface area (Å²) in [4.78, 5) is 0. The number of ether oxygens (including phenoxy) is 1. The van der Waals surface area contributed by atoms with E-state index >= 15 is 0 Å². The van der Waals surface area contributed by atoms with E-state index in [0.717, 1.165) is 11.5 Å². The summed E-state index contributed by atoms with van der Waals surface area (Å²) in [7, 11) is 1.71. The number of nitrogens with zero attached hydrogens (tertiary/aromatic N) is 2. The number of anilines is 1. The van der Waals surface area contributed by atoms with Crippen LogP contribution in [-0.2, 0) is 4.74 Å². The molecule has 84 valence electrons. The Labute approximate surface area is 91.1 Å². The predicted molar refractivity (Wildman–Crippen MR) is 60.9 cm³/mol. The molecule has 0 aliphatic rings. The molecule has 0 aliphatic carbocycles. The number of rotatable bonds is 5. The van der Waals surface area contributed by atoms with E-state index in [4.69, 9.17) is 4.74 Å². The highest BCUT2D eigenvalue weighted by molar-refractivity contribution is 5.34. The molecular weight excluding hydrogens is 190 g/mol. The molecule has 1 aromatic heterocycles. The second-order valence-electron chi connectivity index (χ2n) is 4.01. The SMILES string of the molecule is COCC(Nc1ccc(C)nn1)C(C)C. The van der Waals surface area contributed by atoms with E-state index in [1.165, 1.54) is 0 Å². The molecule has 1 rings (SSSR count). The van der Waals surface area contributed by atoms with Crippen LogP contribution in [0, 0.1) is 12.8 Å². The van der Waals surface area contributed by atoms with E-state index in [0.29, 0.717) is 12.5 Å². The quantitative estimate of drug-likeness (QED) is 0.804. The Morgan fingerprint density at radius 2 is 2.07 bits per heavy atom. The fourth-order valence-electron chi connectivity index (χ4n) is 1.25. The fraction of sp³-hybridized carbons (Fsp3) is 0.636. The Hall–Kier alpha value is -1.16. The zero-order chi connectivity index (χ0) is 11.3. The van der Waals surface area contributed by atoms with Gasteiger partial charge in [-0.15, -0.1) is 5.10 Å². The molecule has 1 N–H and O–H groups in total. The van der Waals surface area contributed by atoms with Gasteiger partial charge in [-0.1, -0.05) is 13.8 Å². The largest absolute Gasteiger partial charge is 0.383 e. The molecule has 0 aliphatic heterocycles. The van der Waals surface area contributed by atoms with E-state index in [1.807, 2.05) is 19.1 Å². The number of nitrogens with one attached hydrogen (secondary N) is 1. The van der Waals surface area contributed by atoms with Gasteiger partial charge in [-0.25, -0.2) is 0 Å². The smallest absolute Gasteiger partial charge is 0.148 e. The molecule has 4 nitrogen and oxygen atoms in total. The lowest BCUT2D eigenvalue weighted by molar-refractivity contribution is 0.171. The molecule has 1 unspecified atom stereocenters. The van der Waals surface area contributed by atoms with Crippen molar-refractivity contribution < 1.29 is 4.74 Å².